The summed E-state index contributed by atoms with van der Waals surface area (Å²) in [6.07, 6.45) is 11.3. The van der Waals surface area contributed by atoms with Gasteiger partial charge in [-0.3, -0.25) is 9.59 Å². The number of carbonyl (C=O) groups excluding carboxylic acids is 2. The van der Waals surface area contributed by atoms with Gasteiger partial charge in [0, 0.05) is 37.0 Å². The molecule has 0 aromatic heterocycles. The van der Waals surface area contributed by atoms with Gasteiger partial charge in [0.2, 0.25) is 12.8 Å². The smallest absolute Gasteiger partial charge is 0.227 e. The van der Waals surface area contributed by atoms with E-state index < -0.39 is 0 Å². The molecule has 2 rings (SSSR count). The predicted octanol–water partition coefficient (Wildman–Crippen LogP) is 1.62. The third kappa shape index (κ3) is 6.04. The van der Waals surface area contributed by atoms with Gasteiger partial charge in [0.15, 0.2) is 0 Å². The van der Waals surface area contributed by atoms with E-state index in [1.54, 1.807) is 25.2 Å². The number of rotatable bonds is 12. The first-order valence-electron chi connectivity index (χ1n) is 10.6. The van der Waals surface area contributed by atoms with Crippen LogP contribution >= 0.6 is 0 Å². The number of carbonyl (C=O) groups is 2. The fourth-order valence-electron chi connectivity index (χ4n) is 4.42. The maximum atomic E-state index is 15.5. The van der Waals surface area contributed by atoms with Crippen molar-refractivity contribution >= 4 is 18.5 Å². The van der Waals surface area contributed by atoms with Crippen LogP contribution in [-0.4, -0.2) is 54.3 Å². The molecule has 1 heterocycles. The molecular formula is C22H32FN5O3. The summed E-state index contributed by atoms with van der Waals surface area (Å²) in [7, 11) is 0. The molecule has 0 saturated heterocycles. The number of fused-ring (bicyclic) bond motifs is 1. The maximum Gasteiger partial charge on any atom is 0.227 e. The lowest BCUT2D eigenvalue weighted by molar-refractivity contribution is -0.110. The van der Waals surface area contributed by atoms with E-state index >= 15 is 4.39 Å². The van der Waals surface area contributed by atoms with Crippen LogP contribution in [0.3, 0.4) is 0 Å². The molecule has 2 atom stereocenters. The van der Waals surface area contributed by atoms with E-state index in [0.717, 1.165) is 25.7 Å². The summed E-state index contributed by atoms with van der Waals surface area (Å²) >= 11 is 0. The number of hydrogen-bond donors (Lipinski definition) is 4. The average Bonchev–Trinajstić information content (AvgIpc) is 3.05. The number of nitrogens with zero attached hydrogens (tertiary/aromatic N) is 2. The van der Waals surface area contributed by atoms with Gasteiger partial charge in [-0.05, 0) is 43.7 Å². The van der Waals surface area contributed by atoms with Crippen LogP contribution in [0.15, 0.2) is 52.2 Å². The summed E-state index contributed by atoms with van der Waals surface area (Å²) in [6, 6.07) is 0.0612. The number of halogens is 1. The number of allylic oxidation sites excluding steroid dienone is 5. The Labute approximate surface area is 182 Å². The van der Waals surface area contributed by atoms with Crippen LogP contribution in [0.25, 0.3) is 0 Å². The highest BCUT2D eigenvalue weighted by Crippen LogP contribution is 2.45. The highest BCUT2D eigenvalue weighted by Gasteiger charge is 2.42. The maximum absolute atomic E-state index is 15.5. The summed E-state index contributed by atoms with van der Waals surface area (Å²) in [5, 5.41) is 16.8. The monoisotopic (exact) mass is 433 g/mol. The first-order valence-corrected chi connectivity index (χ1v) is 10.6. The topological polar surface area (TPSA) is 120 Å². The Balaban J connectivity index is 2.46. The van der Waals surface area contributed by atoms with Crippen molar-refractivity contribution in [2.45, 2.75) is 45.1 Å². The summed E-state index contributed by atoms with van der Waals surface area (Å²) in [4.78, 5) is 23.4. The van der Waals surface area contributed by atoms with Crippen molar-refractivity contribution in [2.24, 2.45) is 16.8 Å². The number of aliphatic hydroxyl groups excluding tert-OH is 1. The Morgan fingerprint density at radius 3 is 2.71 bits per heavy atom. The van der Waals surface area contributed by atoms with E-state index in [0.29, 0.717) is 48.5 Å². The minimum absolute atomic E-state index is 0.0612. The molecule has 0 bridgehead atoms. The molecular weight excluding hydrogens is 401 g/mol. The number of amides is 2. The fourth-order valence-corrected chi connectivity index (χ4v) is 4.42. The molecule has 9 heteroatoms. The van der Waals surface area contributed by atoms with Gasteiger partial charge in [-0.1, -0.05) is 18.9 Å². The van der Waals surface area contributed by atoms with Crippen molar-refractivity contribution in [1.82, 2.24) is 15.6 Å². The lowest BCUT2D eigenvalue weighted by Gasteiger charge is -2.35. The van der Waals surface area contributed by atoms with Crippen LogP contribution in [0.5, 0.6) is 0 Å². The molecule has 0 radical (unpaired) electrons. The molecule has 1 aliphatic carbocycles. The minimum Gasteiger partial charge on any atom is -0.405 e. The summed E-state index contributed by atoms with van der Waals surface area (Å²) < 4.78 is 15.5. The third-order valence-electron chi connectivity index (χ3n) is 5.71. The van der Waals surface area contributed by atoms with Gasteiger partial charge in [0.05, 0.1) is 18.0 Å². The van der Waals surface area contributed by atoms with E-state index in [4.69, 9.17) is 5.73 Å². The summed E-state index contributed by atoms with van der Waals surface area (Å²) in [5.74, 6) is -0.304. The number of nitrogens with one attached hydrogen (secondary N) is 2. The van der Waals surface area contributed by atoms with Gasteiger partial charge < -0.3 is 21.1 Å². The zero-order valence-corrected chi connectivity index (χ0v) is 17.9. The van der Waals surface area contributed by atoms with Crippen LogP contribution in [0.4, 0.5) is 4.39 Å². The molecule has 1 saturated carbocycles. The second-order valence-electron chi connectivity index (χ2n) is 7.47. The number of hydrogen-bond acceptors (Lipinski definition) is 6. The van der Waals surface area contributed by atoms with Gasteiger partial charge in [0.1, 0.15) is 5.83 Å². The highest BCUT2D eigenvalue weighted by atomic mass is 19.1. The van der Waals surface area contributed by atoms with E-state index in [1.165, 1.54) is 6.20 Å². The molecule has 2 unspecified atom stereocenters. The third-order valence-corrected chi connectivity index (χ3v) is 5.71. The molecule has 0 spiro atoms. The van der Waals surface area contributed by atoms with E-state index in [2.05, 4.69) is 15.8 Å². The lowest BCUT2D eigenvalue weighted by Crippen LogP contribution is -2.40. The fraction of sp³-hybridized carbons (Fsp3) is 0.500. The van der Waals surface area contributed by atoms with E-state index in [1.807, 2.05) is 4.90 Å². The molecule has 1 aliphatic heterocycles. The van der Waals surface area contributed by atoms with Crippen molar-refractivity contribution in [3.63, 3.8) is 0 Å². The number of aliphatic hydroxyl groups is 1. The van der Waals surface area contributed by atoms with Crippen molar-refractivity contribution in [3.05, 3.63) is 47.1 Å². The molecule has 2 aliphatic rings. The van der Waals surface area contributed by atoms with Crippen LogP contribution < -0.4 is 16.5 Å². The summed E-state index contributed by atoms with van der Waals surface area (Å²) in [6.45, 7) is 2.37. The zero-order valence-electron chi connectivity index (χ0n) is 17.9. The summed E-state index contributed by atoms with van der Waals surface area (Å²) in [5.41, 5.74) is 9.85. The van der Waals surface area contributed by atoms with Crippen molar-refractivity contribution in [2.75, 3.05) is 19.7 Å². The molecule has 170 valence electrons. The minimum atomic E-state index is -0.329. The number of nitrogens with two attached hydrogens (primary N) is 1. The van der Waals surface area contributed by atoms with Crippen LogP contribution in [0.1, 0.15) is 39.0 Å². The number of hydrazone groups is 1. The second-order valence-corrected chi connectivity index (χ2v) is 7.47. The Kier molecular flexibility index (Phi) is 9.96. The van der Waals surface area contributed by atoms with Gasteiger partial charge in [0.25, 0.3) is 0 Å². The first kappa shape index (κ1) is 24.3. The first-order chi connectivity index (χ1) is 15.1. The zero-order chi connectivity index (χ0) is 22.6. The highest BCUT2D eigenvalue weighted by molar-refractivity contribution is 6.11. The molecule has 5 N–H and O–H groups in total. The Morgan fingerprint density at radius 2 is 2.06 bits per heavy atom. The SMILES string of the molecule is C\C=C/C(=N\NC=O)C(/C=C\N)=C(/CO)CC1=C(F)C2CCCCC2N1CCNC=O. The molecule has 0 aromatic rings. The molecule has 0 aromatic carbocycles. The lowest BCUT2D eigenvalue weighted by atomic mass is 9.85. The largest absolute Gasteiger partial charge is 0.405 e. The van der Waals surface area contributed by atoms with Crippen LogP contribution in [-0.2, 0) is 9.59 Å². The molecule has 8 nitrogen and oxygen atoms in total. The van der Waals surface area contributed by atoms with Crippen LogP contribution in [0, 0.1) is 5.92 Å². The Morgan fingerprint density at radius 1 is 1.29 bits per heavy atom. The normalized spacial score (nSPS) is 22.7. The van der Waals surface area contributed by atoms with Crippen molar-refractivity contribution in [1.29, 1.82) is 0 Å². The van der Waals surface area contributed by atoms with Gasteiger partial charge in [-0.2, -0.15) is 5.10 Å². The standard InChI is InChI=1S/C22H32FN5O3/c1-2-5-19(27-26-15-31)17(8-9-24)16(13-29)12-21-22(23)18-6-3-4-7-20(18)28(21)11-10-25-14-30/h2,5,8-9,14-15,18,20,29H,3-4,6-7,10-13,24H2,1H3,(H,25,30)(H,26,31)/b5-2-,9-8-,17-16+,27-19+. The van der Waals surface area contributed by atoms with Gasteiger partial charge in [-0.15, -0.1) is 0 Å². The molecule has 31 heavy (non-hydrogen) atoms. The predicted molar refractivity (Wildman–Crippen MR) is 118 cm³/mol. The van der Waals surface area contributed by atoms with Gasteiger partial charge in [-0.25, -0.2) is 9.82 Å². The average molecular weight is 434 g/mol. The van der Waals surface area contributed by atoms with E-state index in [9.17, 15) is 14.7 Å². The molecule has 1 fully saturated rings. The van der Waals surface area contributed by atoms with Gasteiger partial charge >= 0.3 is 0 Å². The Hall–Kier alpha value is -2.94. The van der Waals surface area contributed by atoms with Crippen LogP contribution in [0.2, 0.25) is 0 Å². The van der Waals surface area contributed by atoms with E-state index in [-0.39, 0.29) is 30.8 Å². The van der Waals surface area contributed by atoms with Crippen molar-refractivity contribution in [3.8, 4) is 0 Å². The second kappa shape index (κ2) is 12.7. The molecule has 2 amide bonds. The Bertz CT molecular complexity index is 788. The van der Waals surface area contributed by atoms with Crippen molar-refractivity contribution < 1.29 is 19.1 Å². The quantitative estimate of drug-likeness (QED) is 0.123.